The van der Waals surface area contributed by atoms with Gasteiger partial charge in [-0.15, -0.1) is 0 Å². The molecule has 7 heteroatoms. The Hall–Kier alpha value is -1.76. The van der Waals surface area contributed by atoms with Gasteiger partial charge in [0.15, 0.2) is 0 Å². The summed E-state index contributed by atoms with van der Waals surface area (Å²) in [5, 5.41) is 0.273. The second kappa shape index (κ2) is 8.29. The van der Waals surface area contributed by atoms with E-state index in [1.165, 1.54) is 4.90 Å². The molecule has 0 aromatic heterocycles. The highest BCUT2D eigenvalue weighted by molar-refractivity contribution is 9.10. The van der Waals surface area contributed by atoms with Crippen molar-refractivity contribution in [1.29, 1.82) is 0 Å². The van der Waals surface area contributed by atoms with Gasteiger partial charge >= 0.3 is 0 Å². The molecule has 0 unspecified atom stereocenters. The van der Waals surface area contributed by atoms with E-state index in [1.807, 2.05) is 31.2 Å². The van der Waals surface area contributed by atoms with E-state index < -0.39 is 0 Å². The number of rotatable bonds is 5. The zero-order valence-corrected chi connectivity index (χ0v) is 17.0. The van der Waals surface area contributed by atoms with Gasteiger partial charge in [0.25, 0.3) is 11.1 Å². The lowest BCUT2D eigenvalue weighted by molar-refractivity contribution is -0.123. The largest absolute Gasteiger partial charge is 0.493 e. The van der Waals surface area contributed by atoms with Gasteiger partial charge in [-0.25, -0.2) is 0 Å². The highest BCUT2D eigenvalue weighted by Gasteiger charge is 2.35. The SMILES string of the molecule is CCOc1ccc(Br)cc1/C=C1\SC(=O)N(Cc2cccc(Cl)c2)C1=O. The average Bonchev–Trinajstić information content (AvgIpc) is 2.85. The minimum atomic E-state index is -0.317. The number of ether oxygens (including phenoxy) is 1. The highest BCUT2D eigenvalue weighted by atomic mass is 79.9. The Kier molecular flexibility index (Phi) is 6.06. The number of thioether (sulfide) groups is 1. The van der Waals surface area contributed by atoms with Crippen LogP contribution in [0.2, 0.25) is 5.02 Å². The van der Waals surface area contributed by atoms with Gasteiger partial charge in [-0.1, -0.05) is 39.7 Å². The fraction of sp³-hybridized carbons (Fsp3) is 0.158. The summed E-state index contributed by atoms with van der Waals surface area (Å²) >= 11 is 10.3. The monoisotopic (exact) mass is 451 g/mol. The second-order valence-corrected chi connectivity index (χ2v) is 7.86. The maximum atomic E-state index is 12.7. The zero-order valence-electron chi connectivity index (χ0n) is 13.9. The first-order chi connectivity index (χ1) is 12.5. The van der Waals surface area contributed by atoms with Crippen molar-refractivity contribution in [2.75, 3.05) is 6.61 Å². The standard InChI is InChI=1S/C19H15BrClNO3S/c1-2-25-16-7-6-14(20)9-13(16)10-17-18(23)22(19(24)26-17)11-12-4-3-5-15(21)8-12/h3-10H,2,11H2,1H3/b17-10-. The highest BCUT2D eigenvalue weighted by Crippen LogP contribution is 2.35. The number of halogens is 2. The van der Waals surface area contributed by atoms with Crippen LogP contribution in [-0.2, 0) is 11.3 Å². The molecule has 0 N–H and O–H groups in total. The molecule has 3 rings (SSSR count). The van der Waals surface area contributed by atoms with E-state index in [-0.39, 0.29) is 17.7 Å². The zero-order chi connectivity index (χ0) is 18.7. The summed E-state index contributed by atoms with van der Waals surface area (Å²) in [4.78, 5) is 26.6. The molecular weight excluding hydrogens is 438 g/mol. The fourth-order valence-corrected chi connectivity index (χ4v) is 3.94. The van der Waals surface area contributed by atoms with Crippen LogP contribution in [0, 0.1) is 0 Å². The van der Waals surface area contributed by atoms with Crippen LogP contribution in [0.1, 0.15) is 18.1 Å². The summed E-state index contributed by atoms with van der Waals surface area (Å²) in [6.07, 6.45) is 1.69. The Morgan fingerprint density at radius 1 is 1.23 bits per heavy atom. The van der Waals surface area contributed by atoms with E-state index in [0.29, 0.717) is 22.3 Å². The molecule has 0 saturated carbocycles. The van der Waals surface area contributed by atoms with Crippen LogP contribution in [-0.4, -0.2) is 22.7 Å². The van der Waals surface area contributed by atoms with Gasteiger partial charge in [-0.2, -0.15) is 0 Å². The van der Waals surface area contributed by atoms with Crippen LogP contribution in [0.3, 0.4) is 0 Å². The quantitative estimate of drug-likeness (QED) is 0.543. The molecule has 0 radical (unpaired) electrons. The molecular formula is C19H15BrClNO3S. The van der Waals surface area contributed by atoms with Crippen molar-refractivity contribution in [1.82, 2.24) is 4.90 Å². The first-order valence-corrected chi connectivity index (χ1v) is 9.89. The minimum absolute atomic E-state index is 0.194. The third-order valence-corrected chi connectivity index (χ3v) is 5.30. The number of hydrogen-bond donors (Lipinski definition) is 0. The number of imide groups is 1. The Morgan fingerprint density at radius 2 is 2.04 bits per heavy atom. The molecule has 1 fully saturated rings. The summed E-state index contributed by atoms with van der Waals surface area (Å²) in [6.45, 7) is 2.60. The van der Waals surface area contributed by atoms with Crippen LogP contribution in [0.25, 0.3) is 6.08 Å². The average molecular weight is 453 g/mol. The summed E-state index contributed by atoms with van der Waals surface area (Å²) in [7, 11) is 0. The van der Waals surface area contributed by atoms with E-state index in [9.17, 15) is 9.59 Å². The molecule has 4 nitrogen and oxygen atoms in total. The van der Waals surface area contributed by atoms with Gasteiger partial charge in [-0.3, -0.25) is 14.5 Å². The van der Waals surface area contributed by atoms with Gasteiger partial charge in [0.05, 0.1) is 18.1 Å². The maximum Gasteiger partial charge on any atom is 0.293 e. The number of amides is 2. The Labute approximate surface area is 169 Å². The van der Waals surface area contributed by atoms with Crippen LogP contribution in [0.5, 0.6) is 5.75 Å². The van der Waals surface area contributed by atoms with Crippen molar-refractivity contribution in [3.8, 4) is 5.75 Å². The lowest BCUT2D eigenvalue weighted by Gasteiger charge is -2.12. The molecule has 2 amide bonds. The van der Waals surface area contributed by atoms with Gasteiger partial charge < -0.3 is 4.74 Å². The molecule has 0 atom stereocenters. The molecule has 26 heavy (non-hydrogen) atoms. The number of nitrogens with zero attached hydrogens (tertiary/aromatic N) is 1. The number of carbonyl (C=O) groups excluding carboxylic acids is 2. The lowest BCUT2D eigenvalue weighted by Crippen LogP contribution is -2.27. The van der Waals surface area contributed by atoms with Crippen LogP contribution in [0.15, 0.2) is 51.8 Å². The Balaban J connectivity index is 1.87. The normalized spacial score (nSPS) is 15.8. The topological polar surface area (TPSA) is 46.6 Å². The first-order valence-electron chi connectivity index (χ1n) is 7.90. The van der Waals surface area contributed by atoms with E-state index in [1.54, 1.807) is 24.3 Å². The van der Waals surface area contributed by atoms with E-state index in [0.717, 1.165) is 27.4 Å². The summed E-state index contributed by atoms with van der Waals surface area (Å²) in [5.74, 6) is 0.347. The van der Waals surface area contributed by atoms with E-state index in [4.69, 9.17) is 16.3 Å². The van der Waals surface area contributed by atoms with Crippen LogP contribution >= 0.6 is 39.3 Å². The summed E-state index contributed by atoms with van der Waals surface area (Å²) in [6, 6.07) is 12.7. The molecule has 1 heterocycles. The molecule has 1 aliphatic rings. The van der Waals surface area contributed by atoms with Gasteiger partial charge in [0.2, 0.25) is 0 Å². The van der Waals surface area contributed by atoms with Crippen molar-refractivity contribution >= 4 is 56.5 Å². The molecule has 134 valence electrons. The molecule has 1 saturated heterocycles. The predicted molar refractivity (Wildman–Crippen MR) is 108 cm³/mol. The third kappa shape index (κ3) is 4.31. The smallest absolute Gasteiger partial charge is 0.293 e. The van der Waals surface area contributed by atoms with Crippen molar-refractivity contribution < 1.29 is 14.3 Å². The molecule has 1 aliphatic heterocycles. The number of carbonyl (C=O) groups is 2. The lowest BCUT2D eigenvalue weighted by atomic mass is 10.1. The van der Waals surface area contributed by atoms with Crippen molar-refractivity contribution in [3.63, 3.8) is 0 Å². The number of benzene rings is 2. The maximum absolute atomic E-state index is 12.7. The van der Waals surface area contributed by atoms with Crippen LogP contribution in [0.4, 0.5) is 4.79 Å². The second-order valence-electron chi connectivity index (χ2n) is 5.51. The third-order valence-electron chi connectivity index (χ3n) is 3.66. The van der Waals surface area contributed by atoms with Crippen molar-refractivity contribution in [2.45, 2.75) is 13.5 Å². The van der Waals surface area contributed by atoms with Crippen molar-refractivity contribution in [2.24, 2.45) is 0 Å². The van der Waals surface area contributed by atoms with Crippen LogP contribution < -0.4 is 4.74 Å². The molecule has 0 aliphatic carbocycles. The summed E-state index contributed by atoms with van der Waals surface area (Å²) in [5.41, 5.74) is 1.55. The fourth-order valence-electron chi connectivity index (χ4n) is 2.51. The molecule has 0 bridgehead atoms. The molecule has 2 aromatic rings. The van der Waals surface area contributed by atoms with Gasteiger partial charge in [0, 0.05) is 15.1 Å². The van der Waals surface area contributed by atoms with E-state index in [2.05, 4.69) is 15.9 Å². The van der Waals surface area contributed by atoms with E-state index >= 15 is 0 Å². The Morgan fingerprint density at radius 3 is 2.77 bits per heavy atom. The molecule has 2 aromatic carbocycles. The first kappa shape index (κ1) is 19.0. The molecule has 0 spiro atoms. The Bertz CT molecular complexity index is 900. The summed E-state index contributed by atoms with van der Waals surface area (Å²) < 4.78 is 6.47. The number of hydrogen-bond acceptors (Lipinski definition) is 4. The minimum Gasteiger partial charge on any atom is -0.493 e. The van der Waals surface area contributed by atoms with Crippen molar-refractivity contribution in [3.05, 3.63) is 68.0 Å². The predicted octanol–water partition coefficient (Wildman–Crippen LogP) is 5.74. The van der Waals surface area contributed by atoms with Gasteiger partial charge in [0.1, 0.15) is 5.75 Å². The van der Waals surface area contributed by atoms with Gasteiger partial charge in [-0.05, 0) is 60.7 Å².